The third-order valence-electron chi connectivity index (χ3n) is 6.32. The maximum Gasteiger partial charge on any atom is 0.258 e. The molecule has 2 amide bonds. The second-order valence-corrected chi connectivity index (χ2v) is 10.0. The van der Waals surface area contributed by atoms with Gasteiger partial charge < -0.3 is 5.32 Å². The molecule has 5 nitrogen and oxygen atoms in total. The van der Waals surface area contributed by atoms with Crippen molar-refractivity contribution in [3.63, 3.8) is 0 Å². The third kappa shape index (κ3) is 5.83. The maximum atomic E-state index is 13.9. The van der Waals surface area contributed by atoms with E-state index in [2.05, 4.69) is 60.9 Å². The van der Waals surface area contributed by atoms with Gasteiger partial charge in [0.2, 0.25) is 5.91 Å². The lowest BCUT2D eigenvalue weighted by Gasteiger charge is -2.19. The molecule has 6 heteroatoms. The van der Waals surface area contributed by atoms with Crippen LogP contribution in [-0.4, -0.2) is 17.5 Å². The van der Waals surface area contributed by atoms with Gasteiger partial charge in [0, 0.05) is 11.6 Å². The van der Waals surface area contributed by atoms with Crippen molar-refractivity contribution in [2.24, 2.45) is 11.0 Å². The lowest BCUT2D eigenvalue weighted by atomic mass is 9.86. The monoisotopic (exact) mass is 471 g/mol. The molecule has 1 saturated carbocycles. The predicted octanol–water partition coefficient (Wildman–Crippen LogP) is 6.02. The Kier molecular flexibility index (Phi) is 6.83. The van der Waals surface area contributed by atoms with Crippen LogP contribution in [0.3, 0.4) is 0 Å². The van der Waals surface area contributed by atoms with E-state index in [-0.39, 0.29) is 28.7 Å². The number of carbonyl (C=O) groups excluding carboxylic acids is 2. The summed E-state index contributed by atoms with van der Waals surface area (Å²) in [5.74, 6) is -1.07. The molecule has 35 heavy (non-hydrogen) atoms. The first-order valence-corrected chi connectivity index (χ1v) is 11.7. The molecule has 0 unspecified atom stereocenters. The summed E-state index contributed by atoms with van der Waals surface area (Å²) in [6.45, 7) is 8.33. The molecule has 3 aromatic rings. The lowest BCUT2D eigenvalue weighted by Crippen LogP contribution is -2.21. The summed E-state index contributed by atoms with van der Waals surface area (Å²) < 4.78 is 13.9. The van der Waals surface area contributed by atoms with Gasteiger partial charge in [-0.3, -0.25) is 9.59 Å². The van der Waals surface area contributed by atoms with E-state index in [9.17, 15) is 14.0 Å². The molecule has 1 aliphatic carbocycles. The van der Waals surface area contributed by atoms with E-state index >= 15 is 0 Å². The van der Waals surface area contributed by atoms with Crippen LogP contribution >= 0.6 is 0 Å². The van der Waals surface area contributed by atoms with Gasteiger partial charge in [-0.2, -0.15) is 5.10 Å². The summed E-state index contributed by atoms with van der Waals surface area (Å²) in [6.07, 6.45) is 0.812. The molecule has 0 radical (unpaired) electrons. The fourth-order valence-electron chi connectivity index (χ4n) is 4.04. The topological polar surface area (TPSA) is 70.6 Å². The van der Waals surface area contributed by atoms with Crippen LogP contribution in [0.4, 0.5) is 10.1 Å². The van der Waals surface area contributed by atoms with E-state index in [1.165, 1.54) is 29.3 Å². The van der Waals surface area contributed by atoms with Crippen molar-refractivity contribution in [1.29, 1.82) is 0 Å². The number of hydrogen-bond acceptors (Lipinski definition) is 3. The first-order valence-electron chi connectivity index (χ1n) is 11.7. The van der Waals surface area contributed by atoms with E-state index < -0.39 is 11.7 Å². The van der Waals surface area contributed by atoms with Crippen LogP contribution in [0.1, 0.15) is 67.1 Å². The Bertz CT molecular complexity index is 1280. The van der Waals surface area contributed by atoms with Crippen LogP contribution in [0.25, 0.3) is 0 Å². The zero-order valence-electron chi connectivity index (χ0n) is 20.4. The van der Waals surface area contributed by atoms with E-state index in [0.29, 0.717) is 11.4 Å². The molecule has 0 bridgehead atoms. The van der Waals surface area contributed by atoms with E-state index in [1.54, 1.807) is 31.2 Å². The van der Waals surface area contributed by atoms with Gasteiger partial charge in [0.1, 0.15) is 5.82 Å². The Morgan fingerprint density at radius 1 is 0.971 bits per heavy atom. The Balaban J connectivity index is 1.36. The van der Waals surface area contributed by atoms with Crippen molar-refractivity contribution in [2.45, 2.75) is 45.4 Å². The molecule has 0 spiro atoms. The number of halogens is 1. The summed E-state index contributed by atoms with van der Waals surface area (Å²) in [6, 6.07) is 21.4. The first-order chi connectivity index (χ1) is 16.6. The average Bonchev–Trinajstić information content (AvgIpc) is 3.63. The van der Waals surface area contributed by atoms with E-state index in [0.717, 1.165) is 12.0 Å². The summed E-state index contributed by atoms with van der Waals surface area (Å²) in [7, 11) is 0. The lowest BCUT2D eigenvalue weighted by molar-refractivity contribution is -0.122. The van der Waals surface area contributed by atoms with Gasteiger partial charge in [0.25, 0.3) is 5.91 Å². The van der Waals surface area contributed by atoms with Gasteiger partial charge in [0.15, 0.2) is 0 Å². The highest BCUT2D eigenvalue weighted by molar-refractivity contribution is 6.06. The number of nitrogens with one attached hydrogen (secondary N) is 2. The highest BCUT2D eigenvalue weighted by Crippen LogP contribution is 2.47. The minimum Gasteiger partial charge on any atom is -0.322 e. The van der Waals surface area contributed by atoms with Gasteiger partial charge in [-0.1, -0.05) is 69.3 Å². The Morgan fingerprint density at radius 2 is 1.69 bits per heavy atom. The SMILES string of the molecule is C/C(=N\NC(=O)[C@H]1C[C@H]1c1ccc(C(C)(C)C)cc1)c1cccc(NC(=O)c2ccccc2F)c1. The van der Waals surface area contributed by atoms with Crippen LogP contribution in [0.2, 0.25) is 0 Å². The number of anilines is 1. The van der Waals surface area contributed by atoms with Crippen LogP contribution in [-0.2, 0) is 10.2 Å². The average molecular weight is 472 g/mol. The molecule has 0 saturated heterocycles. The summed E-state index contributed by atoms with van der Waals surface area (Å²) >= 11 is 0. The number of hydrogen-bond donors (Lipinski definition) is 2. The molecular formula is C29H30FN3O2. The second-order valence-electron chi connectivity index (χ2n) is 10.0. The standard InChI is InChI=1S/C29H30FN3O2/c1-18(20-8-7-9-22(16-20)31-27(34)23-10-5-6-11-26(23)30)32-33-28(35)25-17-24(25)19-12-14-21(15-13-19)29(2,3)4/h5-16,24-25H,17H2,1-4H3,(H,31,34)(H,33,35)/b32-18+/t24-,25-/m0/s1. The molecule has 0 aromatic heterocycles. The predicted molar refractivity (Wildman–Crippen MR) is 137 cm³/mol. The molecule has 4 rings (SSSR count). The maximum absolute atomic E-state index is 13.9. The highest BCUT2D eigenvalue weighted by Gasteiger charge is 2.44. The van der Waals surface area contributed by atoms with Gasteiger partial charge >= 0.3 is 0 Å². The fraction of sp³-hybridized carbons (Fsp3) is 0.276. The molecular weight excluding hydrogens is 441 g/mol. The molecule has 2 atom stereocenters. The van der Waals surface area contributed by atoms with Crippen molar-refractivity contribution in [2.75, 3.05) is 5.32 Å². The van der Waals surface area contributed by atoms with Gasteiger partial charge in [-0.05, 0) is 65.6 Å². The minimum absolute atomic E-state index is 0.0254. The Labute approximate surface area is 205 Å². The number of nitrogens with zero attached hydrogens (tertiary/aromatic N) is 1. The number of rotatable bonds is 6. The van der Waals surface area contributed by atoms with Crippen molar-refractivity contribution in [1.82, 2.24) is 5.43 Å². The van der Waals surface area contributed by atoms with Gasteiger partial charge in [-0.25, -0.2) is 9.82 Å². The second kappa shape index (κ2) is 9.82. The minimum atomic E-state index is -0.579. The normalized spacial score (nSPS) is 17.6. The molecule has 1 aliphatic rings. The summed E-state index contributed by atoms with van der Waals surface area (Å²) in [4.78, 5) is 25.0. The summed E-state index contributed by atoms with van der Waals surface area (Å²) in [5.41, 5.74) is 7.06. The zero-order chi connectivity index (χ0) is 25.2. The molecule has 0 aliphatic heterocycles. The first kappa shape index (κ1) is 24.3. The number of carbonyl (C=O) groups is 2. The molecule has 1 fully saturated rings. The van der Waals surface area contributed by atoms with Crippen molar-refractivity contribution >= 4 is 23.2 Å². The van der Waals surface area contributed by atoms with Gasteiger partial charge in [0.05, 0.1) is 11.3 Å². The Morgan fingerprint density at radius 3 is 2.37 bits per heavy atom. The largest absolute Gasteiger partial charge is 0.322 e. The van der Waals surface area contributed by atoms with Gasteiger partial charge in [-0.15, -0.1) is 0 Å². The smallest absolute Gasteiger partial charge is 0.258 e. The zero-order valence-corrected chi connectivity index (χ0v) is 20.4. The Hall–Kier alpha value is -3.80. The third-order valence-corrected chi connectivity index (χ3v) is 6.32. The highest BCUT2D eigenvalue weighted by atomic mass is 19.1. The number of amides is 2. The van der Waals surface area contributed by atoms with Crippen LogP contribution in [0, 0.1) is 11.7 Å². The van der Waals surface area contributed by atoms with Crippen molar-refractivity contribution in [3.05, 3.63) is 101 Å². The van der Waals surface area contributed by atoms with Crippen LogP contribution < -0.4 is 10.7 Å². The van der Waals surface area contributed by atoms with Crippen LogP contribution in [0.5, 0.6) is 0 Å². The van der Waals surface area contributed by atoms with Crippen molar-refractivity contribution in [3.8, 4) is 0 Å². The quantitative estimate of drug-likeness (QED) is 0.341. The fourth-order valence-corrected chi connectivity index (χ4v) is 4.04. The van der Waals surface area contributed by atoms with E-state index in [4.69, 9.17) is 0 Å². The van der Waals surface area contributed by atoms with Crippen LogP contribution in [0.15, 0.2) is 77.9 Å². The molecule has 180 valence electrons. The van der Waals surface area contributed by atoms with E-state index in [1.807, 2.05) is 6.07 Å². The number of benzene rings is 3. The molecule has 2 N–H and O–H groups in total. The number of hydrazone groups is 1. The van der Waals surface area contributed by atoms with Crippen molar-refractivity contribution < 1.29 is 14.0 Å². The molecule has 0 heterocycles. The molecule has 3 aromatic carbocycles. The summed E-state index contributed by atoms with van der Waals surface area (Å²) in [5, 5.41) is 6.97.